The molecule has 126 valence electrons. The Morgan fingerprint density at radius 2 is 1.75 bits per heavy atom. The van der Waals surface area contributed by atoms with Gasteiger partial charge in [-0.15, -0.1) is 0 Å². The fourth-order valence-corrected chi connectivity index (χ4v) is 4.24. The second-order valence-corrected chi connectivity index (χ2v) is 7.55. The zero-order valence-electron chi connectivity index (χ0n) is 12.9. The summed E-state index contributed by atoms with van der Waals surface area (Å²) < 4.78 is 40.1. The molecule has 0 spiro atoms. The van der Waals surface area contributed by atoms with Gasteiger partial charge in [0.15, 0.2) is 0 Å². The molecule has 1 atom stereocenters. The summed E-state index contributed by atoms with van der Waals surface area (Å²) in [6.45, 7) is 0.497. The van der Waals surface area contributed by atoms with Gasteiger partial charge in [0.2, 0.25) is 10.0 Å². The number of rotatable bonds is 4. The van der Waals surface area contributed by atoms with E-state index < -0.39 is 21.7 Å². The smallest absolute Gasteiger partial charge is 0.254 e. The lowest BCUT2D eigenvalue weighted by molar-refractivity contribution is 0.0935. The molecule has 0 bridgehead atoms. The maximum Gasteiger partial charge on any atom is 0.254 e. The van der Waals surface area contributed by atoms with Gasteiger partial charge in [-0.3, -0.25) is 4.79 Å². The summed E-state index contributed by atoms with van der Waals surface area (Å²) in [4.78, 5) is 12.4. The molecule has 0 aliphatic carbocycles. The molecule has 1 aliphatic rings. The van der Waals surface area contributed by atoms with Crippen molar-refractivity contribution in [1.29, 1.82) is 0 Å². The second kappa shape index (κ2) is 6.70. The summed E-state index contributed by atoms with van der Waals surface area (Å²) in [7, 11) is -3.57. The topological polar surface area (TPSA) is 66.5 Å². The minimum atomic E-state index is -3.57. The lowest BCUT2D eigenvalue weighted by atomic mass is 10.1. The van der Waals surface area contributed by atoms with E-state index in [1.807, 2.05) is 0 Å². The molecule has 2 aromatic carbocycles. The maximum absolute atomic E-state index is 13.6. The molecule has 1 amide bonds. The number of hydrogen-bond donors (Lipinski definition) is 1. The summed E-state index contributed by atoms with van der Waals surface area (Å²) in [5.74, 6) is -1.13. The van der Waals surface area contributed by atoms with E-state index in [0.717, 1.165) is 0 Å². The van der Waals surface area contributed by atoms with Crippen molar-refractivity contribution in [2.45, 2.75) is 17.4 Å². The average molecular weight is 348 g/mol. The van der Waals surface area contributed by atoms with Crippen LogP contribution in [0.3, 0.4) is 0 Å². The Balaban J connectivity index is 1.68. The molecule has 1 fully saturated rings. The minimum Gasteiger partial charge on any atom is -0.348 e. The predicted molar refractivity (Wildman–Crippen MR) is 87.5 cm³/mol. The first-order valence-electron chi connectivity index (χ1n) is 7.59. The summed E-state index contributed by atoms with van der Waals surface area (Å²) >= 11 is 0. The molecule has 5 nitrogen and oxygen atoms in total. The minimum absolute atomic E-state index is 0.0399. The van der Waals surface area contributed by atoms with Crippen LogP contribution in [0.4, 0.5) is 4.39 Å². The molecular formula is C17H17FN2O3S. The summed E-state index contributed by atoms with van der Waals surface area (Å²) in [6.07, 6.45) is 0.492. The van der Waals surface area contributed by atoms with E-state index in [-0.39, 0.29) is 23.0 Å². The number of carbonyl (C=O) groups excluding carboxylic acids is 1. The fraction of sp³-hybridized carbons (Fsp3) is 0.235. The van der Waals surface area contributed by atoms with Crippen LogP contribution in [0.5, 0.6) is 0 Å². The normalized spacial score (nSPS) is 18.5. The van der Waals surface area contributed by atoms with E-state index in [2.05, 4.69) is 5.32 Å². The van der Waals surface area contributed by atoms with Crippen LogP contribution >= 0.6 is 0 Å². The number of nitrogens with one attached hydrogen (secondary N) is 1. The third-order valence-corrected chi connectivity index (χ3v) is 5.87. The summed E-state index contributed by atoms with van der Waals surface area (Å²) in [6, 6.07) is 13.5. The first-order chi connectivity index (χ1) is 11.5. The maximum atomic E-state index is 13.6. The van der Waals surface area contributed by atoms with Crippen LogP contribution < -0.4 is 5.32 Å². The standard InChI is InChI=1S/C17H17FN2O3S/c18-16-9-5-4-8-15(16)17(21)19-13-10-11-20(12-13)24(22,23)14-6-2-1-3-7-14/h1-9,13H,10-12H2,(H,19,21). The first-order valence-corrected chi connectivity index (χ1v) is 9.03. The quantitative estimate of drug-likeness (QED) is 0.919. The Morgan fingerprint density at radius 3 is 2.46 bits per heavy atom. The van der Waals surface area contributed by atoms with E-state index in [0.29, 0.717) is 13.0 Å². The number of nitrogens with zero attached hydrogens (tertiary/aromatic N) is 1. The van der Waals surface area contributed by atoms with Gasteiger partial charge in [0, 0.05) is 19.1 Å². The lowest BCUT2D eigenvalue weighted by Crippen LogP contribution is -2.38. The predicted octanol–water partition coefficient (Wildman–Crippen LogP) is 2.02. The Kier molecular flexibility index (Phi) is 4.64. The van der Waals surface area contributed by atoms with Gasteiger partial charge < -0.3 is 5.32 Å². The number of benzene rings is 2. The van der Waals surface area contributed by atoms with Gasteiger partial charge in [0.25, 0.3) is 5.91 Å². The molecule has 1 unspecified atom stereocenters. The average Bonchev–Trinajstić information content (AvgIpc) is 3.05. The highest BCUT2D eigenvalue weighted by molar-refractivity contribution is 7.89. The Morgan fingerprint density at radius 1 is 1.08 bits per heavy atom. The van der Waals surface area contributed by atoms with Crippen LogP contribution in [-0.4, -0.2) is 37.8 Å². The number of halogens is 1. The van der Waals surface area contributed by atoms with Gasteiger partial charge in [-0.2, -0.15) is 4.31 Å². The van der Waals surface area contributed by atoms with E-state index >= 15 is 0 Å². The fourth-order valence-electron chi connectivity index (χ4n) is 2.71. The van der Waals surface area contributed by atoms with Crippen LogP contribution in [0.2, 0.25) is 0 Å². The third-order valence-electron chi connectivity index (χ3n) is 3.99. The van der Waals surface area contributed by atoms with Crippen molar-refractivity contribution in [3.8, 4) is 0 Å². The Hall–Kier alpha value is -2.25. The third kappa shape index (κ3) is 3.32. The van der Waals surface area contributed by atoms with Crippen LogP contribution in [-0.2, 0) is 10.0 Å². The van der Waals surface area contributed by atoms with E-state index in [1.54, 1.807) is 36.4 Å². The summed E-state index contributed by atoms with van der Waals surface area (Å²) in [5, 5.41) is 2.70. The van der Waals surface area contributed by atoms with Gasteiger partial charge in [-0.25, -0.2) is 12.8 Å². The highest BCUT2D eigenvalue weighted by Crippen LogP contribution is 2.21. The molecule has 7 heteroatoms. The number of carbonyl (C=O) groups is 1. The zero-order chi connectivity index (χ0) is 17.2. The van der Waals surface area contributed by atoms with Crippen molar-refractivity contribution < 1.29 is 17.6 Å². The number of amides is 1. The van der Waals surface area contributed by atoms with Gasteiger partial charge >= 0.3 is 0 Å². The van der Waals surface area contributed by atoms with Crippen molar-refractivity contribution in [2.75, 3.05) is 13.1 Å². The molecule has 0 saturated carbocycles. The van der Waals surface area contributed by atoms with Crippen LogP contribution in [0.15, 0.2) is 59.5 Å². The van der Waals surface area contributed by atoms with E-state index in [4.69, 9.17) is 0 Å². The molecule has 1 saturated heterocycles. The molecule has 2 aromatic rings. The van der Waals surface area contributed by atoms with Crippen molar-refractivity contribution in [3.63, 3.8) is 0 Å². The number of sulfonamides is 1. The Labute approximate surface area is 140 Å². The first kappa shape index (κ1) is 16.6. The monoisotopic (exact) mass is 348 g/mol. The van der Waals surface area contributed by atoms with Crippen molar-refractivity contribution in [1.82, 2.24) is 9.62 Å². The highest BCUT2D eigenvalue weighted by atomic mass is 32.2. The molecule has 3 rings (SSSR count). The number of hydrogen-bond acceptors (Lipinski definition) is 3. The molecule has 24 heavy (non-hydrogen) atoms. The molecule has 0 radical (unpaired) electrons. The van der Waals surface area contributed by atoms with Crippen LogP contribution in [0.25, 0.3) is 0 Å². The van der Waals surface area contributed by atoms with E-state index in [9.17, 15) is 17.6 Å². The molecule has 0 aromatic heterocycles. The molecule has 1 aliphatic heterocycles. The SMILES string of the molecule is O=C(NC1CCN(S(=O)(=O)c2ccccc2)C1)c1ccccc1F. The van der Waals surface area contributed by atoms with Crippen molar-refractivity contribution in [3.05, 3.63) is 66.0 Å². The van der Waals surface area contributed by atoms with Gasteiger partial charge in [-0.05, 0) is 30.7 Å². The van der Waals surface area contributed by atoms with Gasteiger partial charge in [-0.1, -0.05) is 30.3 Å². The summed E-state index contributed by atoms with van der Waals surface area (Å²) in [5.41, 5.74) is -0.0399. The lowest BCUT2D eigenvalue weighted by Gasteiger charge is -2.17. The van der Waals surface area contributed by atoms with E-state index in [1.165, 1.54) is 22.5 Å². The zero-order valence-corrected chi connectivity index (χ0v) is 13.7. The van der Waals surface area contributed by atoms with Gasteiger partial charge in [0.05, 0.1) is 10.5 Å². The largest absolute Gasteiger partial charge is 0.348 e. The molecule has 1 N–H and O–H groups in total. The van der Waals surface area contributed by atoms with Crippen LogP contribution in [0.1, 0.15) is 16.8 Å². The van der Waals surface area contributed by atoms with Crippen molar-refractivity contribution in [2.24, 2.45) is 0 Å². The van der Waals surface area contributed by atoms with Crippen LogP contribution in [0, 0.1) is 5.82 Å². The second-order valence-electron chi connectivity index (χ2n) is 5.62. The highest BCUT2D eigenvalue weighted by Gasteiger charge is 2.33. The molecule has 1 heterocycles. The van der Waals surface area contributed by atoms with Gasteiger partial charge in [0.1, 0.15) is 5.82 Å². The molecular weight excluding hydrogens is 331 g/mol. The Bertz CT molecular complexity index is 840. The van der Waals surface area contributed by atoms with Crippen molar-refractivity contribution >= 4 is 15.9 Å².